The Bertz CT molecular complexity index is 342. The minimum Gasteiger partial charge on any atom is -0.395 e. The number of likely N-dealkylation sites (N-methyl/N-ethyl adjacent to an activating group) is 1. The third kappa shape index (κ3) is 4.57. The number of carbonyl (C=O) groups excluding carboxylic acids is 1. The molecule has 0 bridgehead atoms. The summed E-state index contributed by atoms with van der Waals surface area (Å²) in [5, 5.41) is 11.8. The van der Waals surface area contributed by atoms with E-state index in [1.807, 2.05) is 0 Å². The van der Waals surface area contributed by atoms with Crippen LogP contribution in [0.5, 0.6) is 0 Å². The van der Waals surface area contributed by atoms with Gasteiger partial charge in [0.1, 0.15) is 5.82 Å². The number of carbonyl (C=O) groups is 1. The van der Waals surface area contributed by atoms with Crippen LogP contribution in [0.15, 0.2) is 18.3 Å². The van der Waals surface area contributed by atoms with Gasteiger partial charge in [-0.25, -0.2) is 4.98 Å². The number of aliphatic hydroxyl groups is 1. The summed E-state index contributed by atoms with van der Waals surface area (Å²) in [5.41, 5.74) is 0. The second kappa shape index (κ2) is 6.42. The molecule has 6 heteroatoms. The second-order valence-corrected chi connectivity index (χ2v) is 3.81. The van der Waals surface area contributed by atoms with E-state index >= 15 is 0 Å². The van der Waals surface area contributed by atoms with Crippen molar-refractivity contribution in [3.8, 4) is 0 Å². The van der Waals surface area contributed by atoms with Gasteiger partial charge in [-0.05, 0) is 19.2 Å². The van der Waals surface area contributed by atoms with Gasteiger partial charge in [-0.15, -0.1) is 0 Å². The molecule has 5 nitrogen and oxygen atoms in total. The van der Waals surface area contributed by atoms with Crippen molar-refractivity contribution < 1.29 is 9.90 Å². The van der Waals surface area contributed by atoms with Crippen molar-refractivity contribution in [2.24, 2.45) is 0 Å². The average Bonchev–Trinajstić information content (AvgIpc) is 2.21. The Morgan fingerprint density at radius 1 is 1.62 bits per heavy atom. The van der Waals surface area contributed by atoms with Crippen molar-refractivity contribution in [1.29, 1.82) is 0 Å². The zero-order chi connectivity index (χ0) is 12.0. The fourth-order valence-electron chi connectivity index (χ4n) is 1.13. The number of hydrogen-bond donors (Lipinski definition) is 2. The third-order valence-corrected chi connectivity index (χ3v) is 2.11. The smallest absolute Gasteiger partial charge is 0.239 e. The third-order valence-electron chi connectivity index (χ3n) is 1.89. The number of nitrogens with zero attached hydrogens (tertiary/aromatic N) is 2. The predicted octanol–water partition coefficient (Wildman–Crippen LogP) is 0.598. The first-order chi connectivity index (χ1) is 7.61. The molecule has 0 saturated heterocycles. The van der Waals surface area contributed by atoms with Gasteiger partial charge < -0.3 is 10.4 Å². The normalized spacial score (nSPS) is 10.5. The van der Waals surface area contributed by atoms with Crippen molar-refractivity contribution in [3.05, 3.63) is 23.4 Å². The number of aromatic nitrogens is 1. The SMILES string of the molecule is CN(CCO)CC(=O)Nc1ccc(Cl)cn1. The Morgan fingerprint density at radius 2 is 2.38 bits per heavy atom. The quantitative estimate of drug-likeness (QED) is 0.795. The van der Waals surface area contributed by atoms with Gasteiger partial charge in [-0.3, -0.25) is 9.69 Å². The van der Waals surface area contributed by atoms with Crippen LogP contribution in [0.3, 0.4) is 0 Å². The van der Waals surface area contributed by atoms with Crippen LogP contribution in [0.1, 0.15) is 0 Å². The minimum absolute atomic E-state index is 0.0307. The van der Waals surface area contributed by atoms with Gasteiger partial charge in [-0.1, -0.05) is 11.6 Å². The molecule has 88 valence electrons. The van der Waals surface area contributed by atoms with Crippen LogP contribution in [0.4, 0.5) is 5.82 Å². The van der Waals surface area contributed by atoms with Gasteiger partial charge in [0.2, 0.25) is 5.91 Å². The molecule has 1 rings (SSSR count). The first-order valence-corrected chi connectivity index (χ1v) is 5.20. The number of halogens is 1. The molecule has 0 spiro atoms. The molecule has 0 fully saturated rings. The number of anilines is 1. The van der Waals surface area contributed by atoms with Crippen molar-refractivity contribution >= 4 is 23.3 Å². The van der Waals surface area contributed by atoms with E-state index in [9.17, 15) is 4.79 Å². The number of nitrogens with one attached hydrogen (secondary N) is 1. The lowest BCUT2D eigenvalue weighted by molar-refractivity contribution is -0.117. The first-order valence-electron chi connectivity index (χ1n) is 4.82. The van der Waals surface area contributed by atoms with Gasteiger partial charge in [0.25, 0.3) is 0 Å². The highest BCUT2D eigenvalue weighted by atomic mass is 35.5. The molecule has 1 aromatic rings. The van der Waals surface area contributed by atoms with Crippen LogP contribution >= 0.6 is 11.6 Å². The molecule has 0 aliphatic carbocycles. The van der Waals surface area contributed by atoms with Gasteiger partial charge in [0.15, 0.2) is 0 Å². The van der Waals surface area contributed by atoms with Gasteiger partial charge in [-0.2, -0.15) is 0 Å². The maximum atomic E-state index is 11.5. The van der Waals surface area contributed by atoms with E-state index in [1.165, 1.54) is 6.20 Å². The summed E-state index contributed by atoms with van der Waals surface area (Å²) in [5.74, 6) is 0.289. The first kappa shape index (κ1) is 12.9. The lowest BCUT2D eigenvalue weighted by Crippen LogP contribution is -2.32. The van der Waals surface area contributed by atoms with E-state index < -0.39 is 0 Å². The van der Waals surface area contributed by atoms with Gasteiger partial charge in [0, 0.05) is 12.7 Å². The Morgan fingerprint density at radius 3 is 2.94 bits per heavy atom. The van der Waals surface area contributed by atoms with Gasteiger partial charge in [0.05, 0.1) is 18.2 Å². The number of rotatable bonds is 5. The molecule has 0 atom stereocenters. The van der Waals surface area contributed by atoms with Crippen LogP contribution in [0.25, 0.3) is 0 Å². The maximum Gasteiger partial charge on any atom is 0.239 e. The van der Waals surface area contributed by atoms with Crippen molar-refractivity contribution in [1.82, 2.24) is 9.88 Å². The zero-order valence-electron chi connectivity index (χ0n) is 8.98. The summed E-state index contributed by atoms with van der Waals surface area (Å²) in [6.45, 7) is 0.704. The Kier molecular flexibility index (Phi) is 5.18. The van der Waals surface area contributed by atoms with Crippen LogP contribution in [-0.2, 0) is 4.79 Å². The molecule has 1 aromatic heterocycles. The van der Waals surface area contributed by atoms with E-state index in [0.717, 1.165) is 0 Å². The van der Waals surface area contributed by atoms with E-state index in [4.69, 9.17) is 16.7 Å². The molecule has 2 N–H and O–H groups in total. The van der Waals surface area contributed by atoms with Crippen LogP contribution < -0.4 is 5.32 Å². The van der Waals surface area contributed by atoms with Crippen molar-refractivity contribution in [2.75, 3.05) is 32.1 Å². The average molecular weight is 244 g/mol. The molecule has 0 aliphatic rings. The van der Waals surface area contributed by atoms with E-state index in [1.54, 1.807) is 24.1 Å². The summed E-state index contributed by atoms with van der Waals surface area (Å²) >= 11 is 5.66. The van der Waals surface area contributed by atoms with Crippen molar-refractivity contribution in [3.63, 3.8) is 0 Å². The summed E-state index contributed by atoms with van der Waals surface area (Å²) in [6, 6.07) is 3.29. The topological polar surface area (TPSA) is 65.5 Å². The zero-order valence-corrected chi connectivity index (χ0v) is 9.74. The molecule has 0 saturated carbocycles. The highest BCUT2D eigenvalue weighted by Crippen LogP contribution is 2.09. The Hall–Kier alpha value is -1.17. The second-order valence-electron chi connectivity index (χ2n) is 3.37. The summed E-state index contributed by atoms with van der Waals surface area (Å²) in [4.78, 5) is 17.1. The highest BCUT2D eigenvalue weighted by molar-refractivity contribution is 6.30. The fraction of sp³-hybridized carbons (Fsp3) is 0.400. The highest BCUT2D eigenvalue weighted by Gasteiger charge is 2.06. The molecule has 16 heavy (non-hydrogen) atoms. The molecule has 1 heterocycles. The van der Waals surface area contributed by atoms with E-state index in [2.05, 4.69) is 10.3 Å². The maximum absolute atomic E-state index is 11.5. The molecular weight excluding hydrogens is 230 g/mol. The Balaban J connectivity index is 2.42. The standard InChI is InChI=1S/C10H14ClN3O2/c1-14(4-5-15)7-10(16)13-9-3-2-8(11)6-12-9/h2-3,6,15H,4-5,7H2,1H3,(H,12,13,16). The molecular formula is C10H14ClN3O2. The number of aliphatic hydroxyl groups excluding tert-OH is 1. The summed E-state index contributed by atoms with van der Waals surface area (Å²) in [7, 11) is 1.76. The fourth-order valence-corrected chi connectivity index (χ4v) is 1.24. The van der Waals surface area contributed by atoms with Gasteiger partial charge >= 0.3 is 0 Å². The van der Waals surface area contributed by atoms with Crippen LogP contribution in [-0.4, -0.2) is 47.6 Å². The molecule has 1 amide bonds. The molecule has 0 unspecified atom stereocenters. The minimum atomic E-state index is -0.175. The molecule has 0 radical (unpaired) electrons. The lowest BCUT2D eigenvalue weighted by Gasteiger charge is -2.14. The monoisotopic (exact) mass is 243 g/mol. The van der Waals surface area contributed by atoms with E-state index in [0.29, 0.717) is 17.4 Å². The summed E-state index contributed by atoms with van der Waals surface area (Å²) < 4.78 is 0. The van der Waals surface area contributed by atoms with E-state index in [-0.39, 0.29) is 19.1 Å². The molecule has 0 aliphatic heterocycles. The number of hydrogen-bond acceptors (Lipinski definition) is 4. The number of amides is 1. The summed E-state index contributed by atoms with van der Waals surface area (Å²) in [6.07, 6.45) is 1.47. The predicted molar refractivity (Wildman–Crippen MR) is 62.5 cm³/mol. The lowest BCUT2D eigenvalue weighted by atomic mass is 10.4. The van der Waals surface area contributed by atoms with Crippen molar-refractivity contribution in [2.45, 2.75) is 0 Å². The molecule has 0 aromatic carbocycles. The van der Waals surface area contributed by atoms with Crippen LogP contribution in [0.2, 0.25) is 5.02 Å². The largest absolute Gasteiger partial charge is 0.395 e. The Labute approximate surface area is 99.0 Å². The number of pyridine rings is 1. The van der Waals surface area contributed by atoms with Crippen LogP contribution in [0, 0.1) is 0 Å².